The van der Waals surface area contributed by atoms with Crippen LogP contribution < -0.4 is 10.3 Å². The van der Waals surface area contributed by atoms with Crippen molar-refractivity contribution in [1.82, 2.24) is 4.90 Å². The number of benzene rings is 1. The van der Waals surface area contributed by atoms with Crippen molar-refractivity contribution in [2.45, 2.75) is 13.8 Å². The first-order chi connectivity index (χ1) is 10.5. The minimum absolute atomic E-state index is 0.0466. The molecule has 22 heavy (non-hydrogen) atoms. The number of hydrogen-bond donors (Lipinski definition) is 0. The van der Waals surface area contributed by atoms with Gasteiger partial charge in [-0.25, -0.2) is 0 Å². The Morgan fingerprint density at radius 3 is 2.50 bits per heavy atom. The minimum Gasteiger partial charge on any atom is -0.439 e. The molecule has 116 valence electrons. The van der Waals surface area contributed by atoms with Gasteiger partial charge in [-0.2, -0.15) is 0 Å². The highest BCUT2D eigenvalue weighted by Gasteiger charge is 2.21. The first-order valence-electron chi connectivity index (χ1n) is 7.20. The third-order valence-corrected chi connectivity index (χ3v) is 4.54. The topological polar surface area (TPSA) is 53.8 Å². The zero-order valence-electron chi connectivity index (χ0n) is 12.6. The Balaban J connectivity index is 1.96. The van der Waals surface area contributed by atoms with E-state index >= 15 is 0 Å². The number of piperazine rings is 1. The van der Waals surface area contributed by atoms with Crippen molar-refractivity contribution < 1.29 is 9.21 Å². The number of anilines is 1. The second kappa shape index (κ2) is 5.76. The molecule has 0 unspecified atom stereocenters. The van der Waals surface area contributed by atoms with E-state index in [1.54, 1.807) is 11.8 Å². The van der Waals surface area contributed by atoms with E-state index in [0.29, 0.717) is 43.0 Å². The molecular weight excluding hydrogens is 348 g/mol. The van der Waals surface area contributed by atoms with Crippen LogP contribution in [0.3, 0.4) is 0 Å². The fraction of sp³-hybridized carbons (Fsp3) is 0.375. The molecule has 2 aromatic rings. The first kappa shape index (κ1) is 15.1. The zero-order chi connectivity index (χ0) is 15.9. The molecule has 0 atom stereocenters. The fourth-order valence-corrected chi connectivity index (χ4v) is 3.39. The largest absolute Gasteiger partial charge is 0.439 e. The standard InChI is InChI=1S/C16H17BrN2O3/c1-10-7-12-14(21)9-15(22-16(12)13(17)8-10)19-5-3-18(4-6-19)11(2)20/h7-9H,3-6H2,1-2H3. The highest BCUT2D eigenvalue weighted by atomic mass is 79.9. The molecule has 2 heterocycles. The Bertz CT molecular complexity index is 792. The van der Waals surface area contributed by atoms with Gasteiger partial charge in [-0.15, -0.1) is 0 Å². The van der Waals surface area contributed by atoms with Crippen LogP contribution in [0, 0.1) is 6.92 Å². The van der Waals surface area contributed by atoms with Crippen LogP contribution in [0.15, 0.2) is 31.9 Å². The van der Waals surface area contributed by atoms with E-state index in [9.17, 15) is 9.59 Å². The SMILES string of the molecule is CC(=O)N1CCN(c2cc(=O)c3cc(C)cc(Br)c3o2)CC1. The second-order valence-electron chi connectivity index (χ2n) is 5.57. The summed E-state index contributed by atoms with van der Waals surface area (Å²) < 4.78 is 6.72. The van der Waals surface area contributed by atoms with Gasteiger partial charge in [0.2, 0.25) is 5.91 Å². The molecule has 0 radical (unpaired) electrons. The van der Waals surface area contributed by atoms with Crippen LogP contribution in [0.25, 0.3) is 11.0 Å². The summed E-state index contributed by atoms with van der Waals surface area (Å²) in [6, 6.07) is 5.31. The molecule has 1 aliphatic heterocycles. The van der Waals surface area contributed by atoms with E-state index in [-0.39, 0.29) is 11.3 Å². The number of rotatable bonds is 1. The maximum atomic E-state index is 12.3. The van der Waals surface area contributed by atoms with Crippen molar-refractivity contribution in [1.29, 1.82) is 0 Å². The molecule has 0 bridgehead atoms. The second-order valence-corrected chi connectivity index (χ2v) is 6.42. The van der Waals surface area contributed by atoms with Gasteiger partial charge in [0.15, 0.2) is 16.9 Å². The van der Waals surface area contributed by atoms with Crippen molar-refractivity contribution in [3.63, 3.8) is 0 Å². The molecule has 0 spiro atoms. The lowest BCUT2D eigenvalue weighted by Gasteiger charge is -2.34. The lowest BCUT2D eigenvalue weighted by Crippen LogP contribution is -2.48. The van der Waals surface area contributed by atoms with Crippen molar-refractivity contribution in [3.8, 4) is 0 Å². The molecule has 1 amide bonds. The van der Waals surface area contributed by atoms with Crippen LogP contribution in [0.5, 0.6) is 0 Å². The van der Waals surface area contributed by atoms with Gasteiger partial charge in [0, 0.05) is 39.2 Å². The number of carbonyl (C=O) groups excluding carboxylic acids is 1. The fourth-order valence-electron chi connectivity index (χ4n) is 2.74. The van der Waals surface area contributed by atoms with Gasteiger partial charge >= 0.3 is 0 Å². The normalized spacial score (nSPS) is 15.4. The highest BCUT2D eigenvalue weighted by Crippen LogP contribution is 2.27. The predicted molar refractivity (Wildman–Crippen MR) is 89.4 cm³/mol. The average Bonchev–Trinajstić information content (AvgIpc) is 2.48. The molecule has 0 aliphatic carbocycles. The van der Waals surface area contributed by atoms with Crippen molar-refractivity contribution >= 4 is 38.7 Å². The van der Waals surface area contributed by atoms with Gasteiger partial charge in [0.25, 0.3) is 0 Å². The smallest absolute Gasteiger partial charge is 0.219 e. The van der Waals surface area contributed by atoms with Gasteiger partial charge in [0.05, 0.1) is 9.86 Å². The van der Waals surface area contributed by atoms with E-state index in [2.05, 4.69) is 15.9 Å². The summed E-state index contributed by atoms with van der Waals surface area (Å²) in [6.07, 6.45) is 0. The molecule has 1 aromatic carbocycles. The molecule has 6 heteroatoms. The first-order valence-corrected chi connectivity index (χ1v) is 7.99. The van der Waals surface area contributed by atoms with E-state index in [1.807, 2.05) is 24.0 Å². The molecule has 1 aromatic heterocycles. The molecule has 0 N–H and O–H groups in total. The van der Waals surface area contributed by atoms with E-state index in [4.69, 9.17) is 4.42 Å². The Kier molecular flexibility index (Phi) is 3.95. The Hall–Kier alpha value is -1.82. The molecular formula is C16H17BrN2O3. The molecule has 1 aliphatic rings. The molecule has 5 nitrogen and oxygen atoms in total. The maximum absolute atomic E-state index is 12.3. The van der Waals surface area contributed by atoms with Crippen LogP contribution in [-0.2, 0) is 4.79 Å². The minimum atomic E-state index is -0.0466. The van der Waals surface area contributed by atoms with Crippen molar-refractivity contribution in [3.05, 3.63) is 38.5 Å². The number of carbonyl (C=O) groups is 1. The maximum Gasteiger partial charge on any atom is 0.219 e. The van der Waals surface area contributed by atoms with Gasteiger partial charge in [-0.3, -0.25) is 9.59 Å². The average molecular weight is 365 g/mol. The third-order valence-electron chi connectivity index (χ3n) is 3.95. The van der Waals surface area contributed by atoms with E-state index < -0.39 is 0 Å². The summed E-state index contributed by atoms with van der Waals surface area (Å²) in [5, 5.41) is 0.581. The number of halogens is 1. The lowest BCUT2D eigenvalue weighted by atomic mass is 10.1. The summed E-state index contributed by atoms with van der Waals surface area (Å²) >= 11 is 3.46. The third kappa shape index (κ3) is 2.75. The van der Waals surface area contributed by atoms with Gasteiger partial charge in [-0.05, 0) is 40.5 Å². The number of amides is 1. The summed E-state index contributed by atoms with van der Waals surface area (Å²) in [7, 11) is 0. The number of nitrogens with zero attached hydrogens (tertiary/aromatic N) is 2. The van der Waals surface area contributed by atoms with Gasteiger partial charge in [0.1, 0.15) is 0 Å². The van der Waals surface area contributed by atoms with Crippen LogP contribution in [0.1, 0.15) is 12.5 Å². The summed E-state index contributed by atoms with van der Waals surface area (Å²) in [5.74, 6) is 0.642. The molecule has 3 rings (SSSR count). The van der Waals surface area contributed by atoms with E-state index in [1.165, 1.54) is 6.07 Å². The Labute approximate surface area is 136 Å². The predicted octanol–water partition coefficient (Wildman–Crippen LogP) is 2.53. The summed E-state index contributed by atoms with van der Waals surface area (Å²) in [4.78, 5) is 27.5. The van der Waals surface area contributed by atoms with E-state index in [0.717, 1.165) is 10.0 Å². The van der Waals surface area contributed by atoms with Crippen LogP contribution in [0.4, 0.5) is 5.88 Å². The van der Waals surface area contributed by atoms with Crippen LogP contribution in [0.2, 0.25) is 0 Å². The molecule has 1 fully saturated rings. The van der Waals surface area contributed by atoms with Crippen LogP contribution in [-0.4, -0.2) is 37.0 Å². The lowest BCUT2D eigenvalue weighted by molar-refractivity contribution is -0.129. The Morgan fingerprint density at radius 2 is 1.86 bits per heavy atom. The van der Waals surface area contributed by atoms with Crippen molar-refractivity contribution in [2.75, 3.05) is 31.1 Å². The summed E-state index contributed by atoms with van der Waals surface area (Å²) in [6.45, 7) is 6.14. The monoisotopic (exact) mass is 364 g/mol. The Morgan fingerprint density at radius 1 is 1.18 bits per heavy atom. The number of aryl methyl sites for hydroxylation is 1. The number of hydrogen-bond acceptors (Lipinski definition) is 4. The molecule has 1 saturated heterocycles. The quantitative estimate of drug-likeness (QED) is 0.780. The molecule has 0 saturated carbocycles. The zero-order valence-corrected chi connectivity index (χ0v) is 14.1. The van der Waals surface area contributed by atoms with Gasteiger partial charge < -0.3 is 14.2 Å². The van der Waals surface area contributed by atoms with Crippen molar-refractivity contribution in [2.24, 2.45) is 0 Å². The van der Waals surface area contributed by atoms with Gasteiger partial charge in [-0.1, -0.05) is 0 Å². The summed E-state index contributed by atoms with van der Waals surface area (Å²) in [5.41, 5.74) is 1.53. The van der Waals surface area contributed by atoms with Crippen LogP contribution >= 0.6 is 15.9 Å². The highest BCUT2D eigenvalue weighted by molar-refractivity contribution is 9.10. The number of fused-ring (bicyclic) bond motifs is 1.